The van der Waals surface area contributed by atoms with Gasteiger partial charge in [-0.3, -0.25) is 14.4 Å². The topological polar surface area (TPSA) is 78.5 Å². The first-order valence-electron chi connectivity index (χ1n) is 11.5. The van der Waals surface area contributed by atoms with E-state index in [1.165, 1.54) is 12.1 Å². The molecule has 2 aromatic carbocycles. The fraction of sp³-hybridized carbons (Fsp3) is 0.423. The molecule has 0 bridgehead atoms. The molecule has 2 aromatic rings. The van der Waals surface area contributed by atoms with E-state index in [1.807, 2.05) is 32.9 Å². The number of nitrogens with one attached hydrogen (secondary N) is 2. The molecule has 7 heteroatoms. The second-order valence-corrected chi connectivity index (χ2v) is 9.01. The van der Waals surface area contributed by atoms with Crippen LogP contribution in [0.4, 0.5) is 4.39 Å². The molecule has 2 N–H and O–H groups in total. The Morgan fingerprint density at radius 1 is 1.00 bits per heavy atom. The molecule has 1 saturated heterocycles. The van der Waals surface area contributed by atoms with Crippen molar-refractivity contribution < 1.29 is 18.8 Å². The second kappa shape index (κ2) is 11.1. The van der Waals surface area contributed by atoms with Gasteiger partial charge in [-0.25, -0.2) is 4.39 Å². The zero-order valence-corrected chi connectivity index (χ0v) is 19.4. The van der Waals surface area contributed by atoms with E-state index >= 15 is 0 Å². The van der Waals surface area contributed by atoms with E-state index in [-0.39, 0.29) is 35.1 Å². The third-order valence-electron chi connectivity index (χ3n) is 6.05. The summed E-state index contributed by atoms with van der Waals surface area (Å²) in [5.74, 6) is -1.25. The van der Waals surface area contributed by atoms with Gasteiger partial charge in [-0.15, -0.1) is 0 Å². The minimum Gasteiger partial charge on any atom is -0.354 e. The highest BCUT2D eigenvalue weighted by molar-refractivity contribution is 5.98. The maximum atomic E-state index is 14.0. The first-order valence-corrected chi connectivity index (χ1v) is 11.5. The van der Waals surface area contributed by atoms with Gasteiger partial charge in [-0.2, -0.15) is 0 Å². The first-order chi connectivity index (χ1) is 15.8. The number of nitrogens with zero attached hydrogens (tertiary/aromatic N) is 1. The van der Waals surface area contributed by atoms with Crippen molar-refractivity contribution in [2.75, 3.05) is 19.6 Å². The number of carbonyl (C=O) groups excluding carboxylic acids is 3. The molecule has 1 fully saturated rings. The number of hydrogen-bond acceptors (Lipinski definition) is 3. The van der Waals surface area contributed by atoms with Crippen LogP contribution < -0.4 is 10.6 Å². The van der Waals surface area contributed by atoms with Crippen LogP contribution >= 0.6 is 0 Å². The number of piperidine rings is 1. The standard InChI is InChI=1S/C26H32FN3O3/c1-17(2)16-28-25(32)23(29-24(31)20-9-5-4-8-18(20)3)19-12-14-30(15-13-19)26(33)21-10-6-7-11-22(21)27/h4-11,17,19,23H,12-16H2,1-3H3,(H,28,32)(H,29,31)/t23-/m0/s1. The normalized spacial score (nSPS) is 15.2. The summed E-state index contributed by atoms with van der Waals surface area (Å²) >= 11 is 0. The molecule has 1 atom stereocenters. The maximum Gasteiger partial charge on any atom is 0.256 e. The van der Waals surface area contributed by atoms with E-state index in [9.17, 15) is 18.8 Å². The summed E-state index contributed by atoms with van der Waals surface area (Å²) in [4.78, 5) is 40.3. The fourth-order valence-electron chi connectivity index (χ4n) is 4.10. The summed E-state index contributed by atoms with van der Waals surface area (Å²) in [5.41, 5.74) is 1.42. The Morgan fingerprint density at radius 3 is 2.21 bits per heavy atom. The highest BCUT2D eigenvalue weighted by Crippen LogP contribution is 2.24. The quantitative estimate of drug-likeness (QED) is 0.673. The van der Waals surface area contributed by atoms with Crippen LogP contribution in [-0.4, -0.2) is 48.3 Å². The van der Waals surface area contributed by atoms with Gasteiger partial charge in [0.25, 0.3) is 11.8 Å². The van der Waals surface area contributed by atoms with Gasteiger partial charge in [0.15, 0.2) is 0 Å². The van der Waals surface area contributed by atoms with Gasteiger partial charge >= 0.3 is 0 Å². The van der Waals surface area contributed by atoms with Crippen LogP contribution in [0, 0.1) is 24.6 Å². The lowest BCUT2D eigenvalue weighted by atomic mass is 9.88. The minimum absolute atomic E-state index is 0.0510. The molecule has 0 spiro atoms. The Morgan fingerprint density at radius 2 is 1.61 bits per heavy atom. The number of halogens is 1. The van der Waals surface area contributed by atoms with Gasteiger partial charge in [0.2, 0.25) is 5.91 Å². The Hall–Kier alpha value is -3.22. The van der Waals surface area contributed by atoms with Crippen LogP contribution in [0.15, 0.2) is 48.5 Å². The molecule has 33 heavy (non-hydrogen) atoms. The van der Waals surface area contributed by atoms with Crippen LogP contribution in [0.1, 0.15) is 53.0 Å². The zero-order valence-electron chi connectivity index (χ0n) is 19.4. The van der Waals surface area contributed by atoms with Gasteiger partial charge in [-0.05, 0) is 55.4 Å². The molecule has 1 heterocycles. The Balaban J connectivity index is 1.71. The SMILES string of the molecule is Cc1ccccc1C(=O)N[C@H](C(=O)NCC(C)C)C1CCN(C(=O)c2ccccc2F)CC1. The Bertz CT molecular complexity index is 1000. The average Bonchev–Trinajstić information content (AvgIpc) is 2.81. The third kappa shape index (κ3) is 6.18. The summed E-state index contributed by atoms with van der Waals surface area (Å²) in [6.45, 7) is 7.18. The molecule has 6 nitrogen and oxygen atoms in total. The largest absolute Gasteiger partial charge is 0.354 e. The van der Waals surface area contributed by atoms with E-state index in [0.29, 0.717) is 38.0 Å². The molecule has 1 aliphatic rings. The van der Waals surface area contributed by atoms with Gasteiger partial charge in [0.1, 0.15) is 11.9 Å². The predicted molar refractivity (Wildman–Crippen MR) is 125 cm³/mol. The van der Waals surface area contributed by atoms with Gasteiger partial charge < -0.3 is 15.5 Å². The fourth-order valence-corrected chi connectivity index (χ4v) is 4.10. The number of amides is 3. The van der Waals surface area contributed by atoms with Crippen molar-refractivity contribution in [1.82, 2.24) is 15.5 Å². The lowest BCUT2D eigenvalue weighted by Gasteiger charge is -2.36. The summed E-state index contributed by atoms with van der Waals surface area (Å²) in [5, 5.41) is 5.87. The highest BCUT2D eigenvalue weighted by Gasteiger charge is 2.34. The van der Waals surface area contributed by atoms with Crippen LogP contribution in [0.25, 0.3) is 0 Å². The Kier molecular flexibility index (Phi) is 8.20. The summed E-state index contributed by atoms with van der Waals surface area (Å²) in [6, 6.07) is 12.5. The zero-order chi connectivity index (χ0) is 24.0. The molecule has 176 valence electrons. The van der Waals surface area contributed by atoms with Crippen molar-refractivity contribution in [2.45, 2.75) is 39.7 Å². The van der Waals surface area contributed by atoms with Gasteiger partial charge in [-0.1, -0.05) is 44.2 Å². The lowest BCUT2D eigenvalue weighted by Crippen LogP contribution is -2.54. The van der Waals surface area contributed by atoms with Crippen molar-refractivity contribution in [3.63, 3.8) is 0 Å². The number of carbonyl (C=O) groups is 3. The number of likely N-dealkylation sites (tertiary alicyclic amines) is 1. The molecule has 3 rings (SSSR count). The van der Waals surface area contributed by atoms with Crippen molar-refractivity contribution >= 4 is 17.7 Å². The number of benzene rings is 2. The average molecular weight is 454 g/mol. The van der Waals surface area contributed by atoms with Crippen molar-refractivity contribution in [2.24, 2.45) is 11.8 Å². The minimum atomic E-state index is -0.707. The molecular weight excluding hydrogens is 421 g/mol. The van der Waals surface area contributed by atoms with Crippen LogP contribution in [0.5, 0.6) is 0 Å². The number of aryl methyl sites for hydroxylation is 1. The second-order valence-electron chi connectivity index (χ2n) is 9.01. The lowest BCUT2D eigenvalue weighted by molar-refractivity contribution is -0.124. The molecule has 0 aromatic heterocycles. The van der Waals surface area contributed by atoms with Gasteiger partial charge in [0.05, 0.1) is 5.56 Å². The third-order valence-corrected chi connectivity index (χ3v) is 6.05. The Labute approximate surface area is 194 Å². The van der Waals surface area contributed by atoms with Crippen molar-refractivity contribution in [3.05, 3.63) is 71.0 Å². The molecule has 0 radical (unpaired) electrons. The smallest absolute Gasteiger partial charge is 0.256 e. The molecule has 3 amide bonds. The van der Waals surface area contributed by atoms with Gasteiger partial charge in [0, 0.05) is 25.2 Å². The van der Waals surface area contributed by atoms with E-state index in [2.05, 4.69) is 10.6 Å². The monoisotopic (exact) mass is 453 g/mol. The van der Waals surface area contributed by atoms with E-state index < -0.39 is 11.9 Å². The summed E-state index contributed by atoms with van der Waals surface area (Å²) in [7, 11) is 0. The molecule has 0 unspecified atom stereocenters. The first kappa shape index (κ1) is 24.4. The van der Waals surface area contributed by atoms with E-state index in [4.69, 9.17) is 0 Å². The highest BCUT2D eigenvalue weighted by atomic mass is 19.1. The molecule has 0 saturated carbocycles. The molecule has 1 aliphatic heterocycles. The van der Waals surface area contributed by atoms with Crippen molar-refractivity contribution in [1.29, 1.82) is 0 Å². The summed E-state index contributed by atoms with van der Waals surface area (Å²) in [6.07, 6.45) is 1.07. The van der Waals surface area contributed by atoms with E-state index in [1.54, 1.807) is 29.2 Å². The maximum absolute atomic E-state index is 14.0. The summed E-state index contributed by atoms with van der Waals surface area (Å²) < 4.78 is 14.0. The number of rotatable bonds is 7. The van der Waals surface area contributed by atoms with Crippen LogP contribution in [0.2, 0.25) is 0 Å². The predicted octanol–water partition coefficient (Wildman–Crippen LogP) is 3.56. The van der Waals surface area contributed by atoms with Crippen molar-refractivity contribution in [3.8, 4) is 0 Å². The van der Waals surface area contributed by atoms with Crippen LogP contribution in [-0.2, 0) is 4.79 Å². The van der Waals surface area contributed by atoms with E-state index in [0.717, 1.165) is 5.56 Å². The van der Waals surface area contributed by atoms with Crippen LogP contribution in [0.3, 0.4) is 0 Å². The number of hydrogen-bond donors (Lipinski definition) is 2. The molecule has 0 aliphatic carbocycles. The molecular formula is C26H32FN3O3.